The second kappa shape index (κ2) is 4.86. The highest BCUT2D eigenvalue weighted by atomic mass is 16.1. The Hall–Kier alpha value is -2.75. The number of nitrogens with zero attached hydrogens (tertiary/aromatic N) is 2. The molecule has 19 heavy (non-hydrogen) atoms. The number of aromatic nitrogens is 3. The first kappa shape index (κ1) is 11.3. The van der Waals surface area contributed by atoms with Gasteiger partial charge in [-0.15, -0.1) is 0 Å². The van der Waals surface area contributed by atoms with Gasteiger partial charge in [0.1, 0.15) is 0 Å². The molecule has 4 heteroatoms. The second-order valence-corrected chi connectivity index (χ2v) is 4.05. The van der Waals surface area contributed by atoms with E-state index in [1.165, 1.54) is 0 Å². The van der Waals surface area contributed by atoms with Crippen molar-refractivity contribution < 1.29 is 0 Å². The molecule has 0 unspecified atom stereocenters. The third-order valence-electron chi connectivity index (χ3n) is 2.81. The van der Waals surface area contributed by atoms with Gasteiger partial charge in [0.25, 0.3) is 0 Å². The van der Waals surface area contributed by atoms with Crippen molar-refractivity contribution in [1.29, 1.82) is 0 Å². The van der Waals surface area contributed by atoms with E-state index in [1.54, 1.807) is 24.7 Å². The highest BCUT2D eigenvalue weighted by Crippen LogP contribution is 2.27. The maximum absolute atomic E-state index is 11.5. The summed E-state index contributed by atoms with van der Waals surface area (Å²) in [5, 5.41) is 0. The second-order valence-electron chi connectivity index (χ2n) is 4.05. The zero-order valence-corrected chi connectivity index (χ0v) is 10.1. The molecular weight excluding hydrogens is 238 g/mol. The number of H-pyrrole nitrogens is 1. The van der Waals surface area contributed by atoms with Crippen molar-refractivity contribution in [3.05, 3.63) is 71.4 Å². The van der Waals surface area contributed by atoms with Crippen LogP contribution in [0.2, 0.25) is 0 Å². The van der Waals surface area contributed by atoms with Gasteiger partial charge >= 0.3 is 0 Å². The Morgan fingerprint density at radius 3 is 2.05 bits per heavy atom. The highest BCUT2D eigenvalue weighted by Gasteiger charge is 2.09. The molecule has 0 fully saturated rings. The molecule has 3 aromatic rings. The van der Waals surface area contributed by atoms with E-state index in [2.05, 4.69) is 15.0 Å². The first-order valence-corrected chi connectivity index (χ1v) is 5.90. The molecule has 0 atom stereocenters. The molecule has 0 aliphatic carbocycles. The fourth-order valence-corrected chi connectivity index (χ4v) is 1.94. The van der Waals surface area contributed by atoms with E-state index in [0.29, 0.717) is 0 Å². The first-order chi connectivity index (χ1) is 9.34. The molecule has 0 bridgehead atoms. The van der Waals surface area contributed by atoms with Gasteiger partial charge in [-0.05, 0) is 24.3 Å². The fraction of sp³-hybridized carbons (Fsp3) is 0. The van der Waals surface area contributed by atoms with Crippen molar-refractivity contribution in [2.75, 3.05) is 0 Å². The number of pyridine rings is 3. The summed E-state index contributed by atoms with van der Waals surface area (Å²) in [6.45, 7) is 0. The Morgan fingerprint density at radius 1 is 0.842 bits per heavy atom. The van der Waals surface area contributed by atoms with Crippen LogP contribution in [-0.4, -0.2) is 15.0 Å². The van der Waals surface area contributed by atoms with Gasteiger partial charge < -0.3 is 4.98 Å². The SMILES string of the molecule is O=c1cc(-c2ccccn2)c(-c2ccccn2)c[nH]1. The lowest BCUT2D eigenvalue weighted by molar-refractivity contribution is 1.21. The van der Waals surface area contributed by atoms with E-state index in [9.17, 15) is 4.79 Å². The lowest BCUT2D eigenvalue weighted by atomic mass is 10.0. The third kappa shape index (κ3) is 2.28. The van der Waals surface area contributed by atoms with E-state index in [0.717, 1.165) is 22.5 Å². The molecular formula is C15H11N3O. The van der Waals surface area contributed by atoms with Gasteiger partial charge in [-0.3, -0.25) is 14.8 Å². The molecule has 3 aromatic heterocycles. The van der Waals surface area contributed by atoms with Crippen LogP contribution in [0.15, 0.2) is 65.8 Å². The van der Waals surface area contributed by atoms with Crippen molar-refractivity contribution in [3.8, 4) is 22.5 Å². The van der Waals surface area contributed by atoms with Gasteiger partial charge in [0.15, 0.2) is 0 Å². The summed E-state index contributed by atoms with van der Waals surface area (Å²) in [6, 6.07) is 12.8. The van der Waals surface area contributed by atoms with E-state index in [1.807, 2.05) is 36.4 Å². The van der Waals surface area contributed by atoms with Crippen molar-refractivity contribution in [1.82, 2.24) is 15.0 Å². The van der Waals surface area contributed by atoms with E-state index in [-0.39, 0.29) is 5.56 Å². The lowest BCUT2D eigenvalue weighted by Gasteiger charge is -2.07. The molecule has 0 aromatic carbocycles. The molecule has 3 heterocycles. The average Bonchev–Trinajstić information content (AvgIpc) is 2.49. The molecule has 4 nitrogen and oxygen atoms in total. The standard InChI is InChI=1S/C15H11N3O/c19-15-9-11(13-5-1-3-7-16-13)12(10-18-15)14-6-2-4-8-17-14/h1-10H,(H,18,19). The quantitative estimate of drug-likeness (QED) is 0.759. The molecule has 0 aliphatic rings. The van der Waals surface area contributed by atoms with Crippen LogP contribution in [0.25, 0.3) is 22.5 Å². The Kier molecular flexibility index (Phi) is 2.90. The maximum atomic E-state index is 11.5. The van der Waals surface area contributed by atoms with Crippen LogP contribution >= 0.6 is 0 Å². The Balaban J connectivity index is 2.24. The molecule has 92 valence electrons. The zero-order valence-electron chi connectivity index (χ0n) is 10.1. The highest BCUT2D eigenvalue weighted by molar-refractivity contribution is 5.79. The summed E-state index contributed by atoms with van der Waals surface area (Å²) in [6.07, 6.45) is 5.11. The molecule has 0 spiro atoms. The summed E-state index contributed by atoms with van der Waals surface area (Å²) < 4.78 is 0. The van der Waals surface area contributed by atoms with Gasteiger partial charge in [0.2, 0.25) is 5.56 Å². The average molecular weight is 249 g/mol. The van der Waals surface area contributed by atoms with Crippen LogP contribution < -0.4 is 5.56 Å². The van der Waals surface area contributed by atoms with Crippen LogP contribution in [0.3, 0.4) is 0 Å². The van der Waals surface area contributed by atoms with Gasteiger partial charge in [-0.2, -0.15) is 0 Å². The van der Waals surface area contributed by atoms with Gasteiger partial charge in [-0.1, -0.05) is 12.1 Å². The third-order valence-corrected chi connectivity index (χ3v) is 2.81. The van der Waals surface area contributed by atoms with Gasteiger partial charge in [-0.25, -0.2) is 0 Å². The van der Waals surface area contributed by atoms with Crippen LogP contribution in [-0.2, 0) is 0 Å². The topological polar surface area (TPSA) is 58.6 Å². The van der Waals surface area contributed by atoms with Gasteiger partial charge in [0, 0.05) is 35.8 Å². The van der Waals surface area contributed by atoms with Gasteiger partial charge in [0.05, 0.1) is 11.4 Å². The van der Waals surface area contributed by atoms with Crippen molar-refractivity contribution in [2.45, 2.75) is 0 Å². The minimum Gasteiger partial charge on any atom is -0.328 e. The predicted octanol–water partition coefficient (Wildman–Crippen LogP) is 2.50. The summed E-state index contributed by atoms with van der Waals surface area (Å²) in [7, 11) is 0. The predicted molar refractivity (Wildman–Crippen MR) is 73.5 cm³/mol. The number of rotatable bonds is 2. The number of aromatic amines is 1. The van der Waals surface area contributed by atoms with E-state index >= 15 is 0 Å². The van der Waals surface area contributed by atoms with Crippen molar-refractivity contribution >= 4 is 0 Å². The summed E-state index contributed by atoms with van der Waals surface area (Å²) in [4.78, 5) is 22.8. The Bertz CT molecular complexity index is 736. The first-order valence-electron chi connectivity index (χ1n) is 5.90. The fourth-order valence-electron chi connectivity index (χ4n) is 1.94. The molecule has 0 saturated carbocycles. The molecule has 1 N–H and O–H groups in total. The molecule has 0 aliphatic heterocycles. The lowest BCUT2D eigenvalue weighted by Crippen LogP contribution is -2.05. The van der Waals surface area contributed by atoms with Crippen LogP contribution in [0.1, 0.15) is 0 Å². The molecule has 0 amide bonds. The van der Waals surface area contributed by atoms with Crippen LogP contribution in [0, 0.1) is 0 Å². The van der Waals surface area contributed by atoms with Crippen molar-refractivity contribution in [3.63, 3.8) is 0 Å². The minimum atomic E-state index is -0.152. The monoisotopic (exact) mass is 249 g/mol. The normalized spacial score (nSPS) is 10.3. The van der Waals surface area contributed by atoms with Crippen LogP contribution in [0.5, 0.6) is 0 Å². The largest absolute Gasteiger partial charge is 0.328 e. The molecule has 0 radical (unpaired) electrons. The minimum absolute atomic E-state index is 0.152. The Morgan fingerprint density at radius 2 is 1.47 bits per heavy atom. The number of nitrogens with one attached hydrogen (secondary N) is 1. The summed E-state index contributed by atoms with van der Waals surface area (Å²) in [5.74, 6) is 0. The summed E-state index contributed by atoms with van der Waals surface area (Å²) >= 11 is 0. The summed E-state index contributed by atoms with van der Waals surface area (Å²) in [5.41, 5.74) is 3.05. The maximum Gasteiger partial charge on any atom is 0.248 e. The van der Waals surface area contributed by atoms with E-state index in [4.69, 9.17) is 0 Å². The zero-order chi connectivity index (χ0) is 13.1. The van der Waals surface area contributed by atoms with Crippen molar-refractivity contribution in [2.24, 2.45) is 0 Å². The molecule has 0 saturated heterocycles. The number of hydrogen-bond donors (Lipinski definition) is 1. The smallest absolute Gasteiger partial charge is 0.248 e. The van der Waals surface area contributed by atoms with Crippen LogP contribution in [0.4, 0.5) is 0 Å². The Labute approximate surface area is 109 Å². The molecule has 3 rings (SSSR count). The van der Waals surface area contributed by atoms with E-state index < -0.39 is 0 Å². The number of hydrogen-bond acceptors (Lipinski definition) is 3.